The highest BCUT2D eigenvalue weighted by Gasteiger charge is 2.40. The summed E-state index contributed by atoms with van der Waals surface area (Å²) in [7, 11) is -1.21. The van der Waals surface area contributed by atoms with Gasteiger partial charge in [0.25, 0.3) is 0 Å². The van der Waals surface area contributed by atoms with Gasteiger partial charge in [-0.05, 0) is 33.1 Å². The van der Waals surface area contributed by atoms with Gasteiger partial charge in [-0.2, -0.15) is 16.6 Å². The first kappa shape index (κ1) is 14.2. The summed E-state index contributed by atoms with van der Waals surface area (Å²) < 4.78 is 5.45. The van der Waals surface area contributed by atoms with Crippen LogP contribution >= 0.6 is 11.3 Å². The molecule has 0 aliphatic rings. The number of nitriles is 1. The Kier molecular flexibility index (Phi) is 4.00. The van der Waals surface area contributed by atoms with Crippen LogP contribution in [-0.2, 0) is 4.65 Å². The molecule has 0 radical (unpaired) electrons. The maximum Gasteiger partial charge on any atom is 0.493 e. The lowest BCUT2D eigenvalue weighted by Crippen LogP contribution is -2.53. The fraction of sp³-hybridized carbons (Fsp3) is 0.545. The zero-order valence-electron chi connectivity index (χ0n) is 10.4. The van der Waals surface area contributed by atoms with Crippen LogP contribution in [0.4, 0.5) is 0 Å². The Labute approximate surface area is 106 Å². The van der Waals surface area contributed by atoms with Crippen LogP contribution in [0, 0.1) is 11.3 Å². The van der Waals surface area contributed by atoms with Crippen molar-refractivity contribution in [3.8, 4) is 6.07 Å². The predicted molar refractivity (Wildman–Crippen MR) is 68.1 cm³/mol. The maximum absolute atomic E-state index is 9.94. The summed E-state index contributed by atoms with van der Waals surface area (Å²) in [6.45, 7) is 6.60. The topological polar surface area (TPSA) is 73.5 Å². The number of aliphatic hydroxyl groups is 1. The molecule has 0 fully saturated rings. The van der Waals surface area contributed by atoms with Gasteiger partial charge in [-0.15, -0.1) is 0 Å². The molecule has 0 unspecified atom stereocenters. The second-order valence-electron chi connectivity index (χ2n) is 4.89. The molecule has 0 atom stereocenters. The van der Waals surface area contributed by atoms with Crippen molar-refractivity contribution in [3.05, 3.63) is 16.3 Å². The smallest absolute Gasteiger partial charge is 0.423 e. The highest BCUT2D eigenvalue weighted by atomic mass is 32.1. The number of hydrogen-bond acceptors (Lipinski definition) is 5. The molecule has 2 N–H and O–H groups in total. The van der Waals surface area contributed by atoms with Crippen molar-refractivity contribution in [1.82, 2.24) is 0 Å². The molecule has 1 aromatic heterocycles. The van der Waals surface area contributed by atoms with E-state index in [1.807, 2.05) is 6.07 Å². The number of hydrogen-bond donors (Lipinski definition) is 2. The lowest BCUT2D eigenvalue weighted by Gasteiger charge is -2.38. The van der Waals surface area contributed by atoms with Crippen LogP contribution in [0.25, 0.3) is 0 Å². The molecular formula is C11H16BNO3S. The van der Waals surface area contributed by atoms with E-state index < -0.39 is 18.3 Å². The molecule has 0 aliphatic carbocycles. The number of nitrogens with zero attached hydrogens (tertiary/aromatic N) is 1. The van der Waals surface area contributed by atoms with Gasteiger partial charge in [0.1, 0.15) is 0 Å². The summed E-state index contributed by atoms with van der Waals surface area (Å²) in [5.41, 5.74) is -1.19. The van der Waals surface area contributed by atoms with E-state index in [1.165, 1.54) is 11.3 Å². The predicted octanol–water partition coefficient (Wildman–Crippen LogP) is 0.873. The van der Waals surface area contributed by atoms with Gasteiger partial charge in [-0.1, -0.05) is 0 Å². The van der Waals surface area contributed by atoms with Gasteiger partial charge >= 0.3 is 7.12 Å². The second-order valence-corrected chi connectivity index (χ2v) is 5.64. The summed E-state index contributed by atoms with van der Waals surface area (Å²) in [6.07, 6.45) is 0. The first-order chi connectivity index (χ1) is 7.69. The summed E-state index contributed by atoms with van der Waals surface area (Å²) in [6, 6.07) is 1.99. The van der Waals surface area contributed by atoms with Gasteiger partial charge in [0, 0.05) is 10.8 Å². The van der Waals surface area contributed by atoms with Crippen LogP contribution in [0.5, 0.6) is 0 Å². The molecule has 17 heavy (non-hydrogen) atoms. The van der Waals surface area contributed by atoms with Crippen LogP contribution in [0.2, 0.25) is 0 Å². The fourth-order valence-electron chi connectivity index (χ4n) is 1.08. The standard InChI is InChI=1S/C11H16BNO3S/c1-10(2,14)11(3,4)16-12(15)9-7-17-6-8(9)5-13/h6-7,14-15H,1-4H3. The number of rotatable bonds is 4. The molecular weight excluding hydrogens is 237 g/mol. The van der Waals surface area contributed by atoms with E-state index >= 15 is 0 Å². The summed E-state index contributed by atoms with van der Waals surface area (Å²) in [5, 5.41) is 32.0. The summed E-state index contributed by atoms with van der Waals surface area (Å²) >= 11 is 1.33. The van der Waals surface area contributed by atoms with Crippen molar-refractivity contribution in [2.24, 2.45) is 0 Å². The Morgan fingerprint density at radius 1 is 1.35 bits per heavy atom. The zero-order chi connectivity index (χ0) is 13.3. The van der Waals surface area contributed by atoms with Gasteiger partial charge in [-0.3, -0.25) is 0 Å². The van der Waals surface area contributed by atoms with Crippen LogP contribution in [0.3, 0.4) is 0 Å². The molecule has 0 aliphatic heterocycles. The molecule has 6 heteroatoms. The molecule has 0 saturated carbocycles. The van der Waals surface area contributed by atoms with Crippen LogP contribution in [-0.4, -0.2) is 28.5 Å². The van der Waals surface area contributed by atoms with E-state index in [9.17, 15) is 10.1 Å². The van der Waals surface area contributed by atoms with Crippen molar-refractivity contribution in [2.75, 3.05) is 0 Å². The normalized spacial score (nSPS) is 12.3. The Balaban J connectivity index is 2.88. The van der Waals surface area contributed by atoms with E-state index in [0.29, 0.717) is 11.0 Å². The molecule has 0 amide bonds. The lowest BCUT2D eigenvalue weighted by atomic mass is 9.76. The molecule has 0 aromatic carbocycles. The molecule has 1 rings (SSSR count). The highest BCUT2D eigenvalue weighted by Crippen LogP contribution is 2.25. The third-order valence-electron chi connectivity index (χ3n) is 2.96. The fourth-order valence-corrected chi connectivity index (χ4v) is 1.86. The zero-order valence-corrected chi connectivity index (χ0v) is 11.2. The van der Waals surface area contributed by atoms with Crippen LogP contribution < -0.4 is 5.46 Å². The van der Waals surface area contributed by atoms with Crippen molar-refractivity contribution < 1.29 is 14.8 Å². The Morgan fingerprint density at radius 2 is 1.94 bits per heavy atom. The first-order valence-electron chi connectivity index (χ1n) is 5.23. The SMILES string of the molecule is CC(C)(O)C(C)(C)OB(O)c1cscc1C#N. The lowest BCUT2D eigenvalue weighted by molar-refractivity contribution is -0.0982. The molecule has 0 bridgehead atoms. The molecule has 1 heterocycles. The van der Waals surface area contributed by atoms with E-state index in [4.69, 9.17) is 9.92 Å². The number of thiophene rings is 1. The van der Waals surface area contributed by atoms with Crippen molar-refractivity contribution in [1.29, 1.82) is 5.26 Å². The summed E-state index contributed by atoms with van der Waals surface area (Å²) in [4.78, 5) is 0. The van der Waals surface area contributed by atoms with Crippen molar-refractivity contribution in [3.63, 3.8) is 0 Å². The first-order valence-corrected chi connectivity index (χ1v) is 6.18. The third-order valence-corrected chi connectivity index (χ3v) is 3.72. The highest BCUT2D eigenvalue weighted by molar-refractivity contribution is 7.09. The molecule has 1 aromatic rings. The molecule has 4 nitrogen and oxygen atoms in total. The summed E-state index contributed by atoms with van der Waals surface area (Å²) in [5.74, 6) is 0. The average Bonchev–Trinajstić information content (AvgIpc) is 2.62. The average molecular weight is 253 g/mol. The minimum absolute atomic E-state index is 0.397. The Morgan fingerprint density at radius 3 is 2.41 bits per heavy atom. The second kappa shape index (κ2) is 4.79. The Hall–Kier alpha value is -0.865. The minimum Gasteiger partial charge on any atom is -0.423 e. The third kappa shape index (κ3) is 3.08. The maximum atomic E-state index is 9.94. The van der Waals surface area contributed by atoms with Gasteiger partial charge < -0.3 is 14.8 Å². The quantitative estimate of drug-likeness (QED) is 0.781. The van der Waals surface area contributed by atoms with Gasteiger partial charge in [-0.25, -0.2) is 0 Å². The Bertz CT molecular complexity index is 431. The van der Waals surface area contributed by atoms with Gasteiger partial charge in [0.15, 0.2) is 0 Å². The van der Waals surface area contributed by atoms with Crippen LogP contribution in [0.1, 0.15) is 33.3 Å². The van der Waals surface area contributed by atoms with Crippen molar-refractivity contribution >= 4 is 23.9 Å². The van der Waals surface area contributed by atoms with E-state index in [-0.39, 0.29) is 0 Å². The van der Waals surface area contributed by atoms with E-state index in [1.54, 1.807) is 38.5 Å². The largest absolute Gasteiger partial charge is 0.493 e. The van der Waals surface area contributed by atoms with Crippen LogP contribution in [0.15, 0.2) is 10.8 Å². The van der Waals surface area contributed by atoms with Gasteiger partial charge in [0.05, 0.1) is 22.8 Å². The van der Waals surface area contributed by atoms with E-state index in [2.05, 4.69) is 0 Å². The molecule has 0 saturated heterocycles. The monoisotopic (exact) mass is 253 g/mol. The van der Waals surface area contributed by atoms with Gasteiger partial charge in [0.2, 0.25) is 0 Å². The van der Waals surface area contributed by atoms with E-state index in [0.717, 1.165) is 0 Å². The molecule has 0 spiro atoms. The minimum atomic E-state index is -1.21. The molecule has 92 valence electrons. The van der Waals surface area contributed by atoms with Crippen molar-refractivity contribution in [2.45, 2.75) is 38.9 Å².